The number of Topliss-reactive ketones (excluding diaryl/α,β-unsaturated/α-hetero) is 1. The van der Waals surface area contributed by atoms with Gasteiger partial charge >= 0.3 is 0 Å². The highest BCUT2D eigenvalue weighted by Crippen LogP contribution is 2.39. The lowest BCUT2D eigenvalue weighted by molar-refractivity contribution is -0.144. The molecule has 2 aliphatic heterocycles. The van der Waals surface area contributed by atoms with E-state index in [2.05, 4.69) is 0 Å². The number of halogens is 1. The van der Waals surface area contributed by atoms with Crippen molar-refractivity contribution in [3.63, 3.8) is 0 Å². The molecule has 3 rings (SSSR count). The summed E-state index contributed by atoms with van der Waals surface area (Å²) >= 11 is 5.86. The number of ketones is 1. The Kier molecular flexibility index (Phi) is 2.46. The zero-order valence-corrected chi connectivity index (χ0v) is 9.48. The van der Waals surface area contributed by atoms with Crippen LogP contribution in [0.1, 0.15) is 18.0 Å². The van der Waals surface area contributed by atoms with Gasteiger partial charge in [-0.15, -0.1) is 0 Å². The molecule has 1 unspecified atom stereocenters. The zero-order valence-electron chi connectivity index (χ0n) is 8.73. The van der Waals surface area contributed by atoms with Crippen molar-refractivity contribution in [2.75, 3.05) is 13.2 Å². The first-order valence-electron chi connectivity index (χ1n) is 5.43. The van der Waals surface area contributed by atoms with E-state index in [-0.39, 0.29) is 12.0 Å². The zero-order chi connectivity index (χ0) is 11.1. The Balaban J connectivity index is 1.94. The van der Waals surface area contributed by atoms with Gasteiger partial charge in [-0.05, 0) is 17.7 Å². The molecule has 1 aromatic carbocycles. The number of benzene rings is 1. The Hall–Kier alpha value is -0.900. The number of hydroxylamine groups is 2. The molecule has 0 spiro atoms. The highest BCUT2D eigenvalue weighted by atomic mass is 35.5. The molecule has 2 fully saturated rings. The molecule has 16 heavy (non-hydrogen) atoms. The second kappa shape index (κ2) is 3.84. The highest BCUT2D eigenvalue weighted by Gasteiger charge is 2.44. The molecule has 0 radical (unpaired) electrons. The van der Waals surface area contributed by atoms with Crippen molar-refractivity contribution >= 4 is 17.4 Å². The molecule has 84 valence electrons. The first kappa shape index (κ1) is 10.3. The van der Waals surface area contributed by atoms with Crippen LogP contribution in [-0.4, -0.2) is 24.0 Å². The van der Waals surface area contributed by atoms with Gasteiger partial charge in [-0.25, -0.2) is 0 Å². The third-order valence-electron chi connectivity index (χ3n) is 3.31. The smallest absolute Gasteiger partial charge is 0.141 e. The average Bonchev–Trinajstić information content (AvgIpc) is 2.62. The van der Waals surface area contributed by atoms with Crippen molar-refractivity contribution in [2.45, 2.75) is 12.5 Å². The maximum absolute atomic E-state index is 11.8. The van der Waals surface area contributed by atoms with Crippen LogP contribution in [0.4, 0.5) is 0 Å². The van der Waals surface area contributed by atoms with E-state index in [9.17, 15) is 4.79 Å². The minimum atomic E-state index is -0.00470. The van der Waals surface area contributed by atoms with Crippen LogP contribution in [0.5, 0.6) is 0 Å². The number of carbonyl (C=O) groups excluding carboxylic acids is 1. The van der Waals surface area contributed by atoms with E-state index in [1.165, 1.54) is 0 Å². The van der Waals surface area contributed by atoms with Gasteiger partial charge in [-0.2, -0.15) is 5.06 Å². The maximum Gasteiger partial charge on any atom is 0.141 e. The maximum atomic E-state index is 11.8. The summed E-state index contributed by atoms with van der Waals surface area (Å²) in [5.41, 5.74) is 1.11. The monoisotopic (exact) mass is 237 g/mol. The summed E-state index contributed by atoms with van der Waals surface area (Å²) in [4.78, 5) is 17.3. The fourth-order valence-electron chi connectivity index (χ4n) is 2.49. The molecule has 0 aromatic heterocycles. The number of rotatable bonds is 1. The third-order valence-corrected chi connectivity index (χ3v) is 3.57. The number of nitrogens with zero attached hydrogens (tertiary/aromatic N) is 1. The van der Waals surface area contributed by atoms with E-state index in [1.807, 2.05) is 29.3 Å². The van der Waals surface area contributed by atoms with Crippen LogP contribution in [0, 0.1) is 5.92 Å². The van der Waals surface area contributed by atoms with Crippen LogP contribution in [0.2, 0.25) is 5.02 Å². The number of hydrogen-bond donors (Lipinski definition) is 0. The molecule has 2 heterocycles. The van der Waals surface area contributed by atoms with Gasteiger partial charge in [-0.1, -0.05) is 23.7 Å². The predicted molar refractivity (Wildman–Crippen MR) is 60.0 cm³/mol. The van der Waals surface area contributed by atoms with Crippen molar-refractivity contribution in [3.05, 3.63) is 34.9 Å². The van der Waals surface area contributed by atoms with Gasteiger partial charge in [0.25, 0.3) is 0 Å². The van der Waals surface area contributed by atoms with Crippen molar-refractivity contribution in [1.29, 1.82) is 0 Å². The van der Waals surface area contributed by atoms with Crippen LogP contribution < -0.4 is 0 Å². The highest BCUT2D eigenvalue weighted by molar-refractivity contribution is 6.30. The van der Waals surface area contributed by atoms with Crippen LogP contribution in [0.25, 0.3) is 0 Å². The fraction of sp³-hybridized carbons (Fsp3) is 0.417. The molecular formula is C12H12ClNO2. The Morgan fingerprint density at radius 2 is 2.06 bits per heavy atom. The van der Waals surface area contributed by atoms with Gasteiger partial charge in [-0.3, -0.25) is 9.63 Å². The summed E-state index contributed by atoms with van der Waals surface area (Å²) in [7, 11) is 0. The Morgan fingerprint density at radius 1 is 1.31 bits per heavy atom. The normalized spacial score (nSPS) is 33.1. The van der Waals surface area contributed by atoms with Gasteiger partial charge < -0.3 is 0 Å². The Morgan fingerprint density at radius 3 is 2.81 bits per heavy atom. The second-order valence-electron chi connectivity index (χ2n) is 4.26. The van der Waals surface area contributed by atoms with Crippen molar-refractivity contribution in [2.24, 2.45) is 5.92 Å². The topological polar surface area (TPSA) is 29.5 Å². The molecule has 3 nitrogen and oxygen atoms in total. The molecule has 2 aliphatic rings. The molecule has 3 atom stereocenters. The number of hydrogen-bond acceptors (Lipinski definition) is 3. The molecule has 2 bridgehead atoms. The lowest BCUT2D eigenvalue weighted by Gasteiger charge is -2.29. The number of piperidine rings is 1. The standard InChI is InChI=1S/C12H12ClNO2/c13-9-3-1-8(2-4-9)12-10-7-16-14(12)6-5-11(10)15/h1-4,10,12H,5-7H2/t10-,12-/m0/s1. The molecule has 2 saturated heterocycles. The largest absolute Gasteiger partial charge is 0.299 e. The van der Waals surface area contributed by atoms with Crippen LogP contribution in [-0.2, 0) is 9.63 Å². The van der Waals surface area contributed by atoms with Crippen molar-refractivity contribution in [3.8, 4) is 0 Å². The second-order valence-corrected chi connectivity index (χ2v) is 4.69. The fourth-order valence-corrected chi connectivity index (χ4v) is 2.61. The summed E-state index contributed by atoms with van der Waals surface area (Å²) < 4.78 is 0. The van der Waals surface area contributed by atoms with Gasteiger partial charge in [0.1, 0.15) is 5.78 Å². The average molecular weight is 238 g/mol. The molecule has 0 N–H and O–H groups in total. The Bertz CT molecular complexity index is 418. The predicted octanol–water partition coefficient (Wildman–Crippen LogP) is 2.22. The minimum absolute atomic E-state index is 0.00470. The van der Waals surface area contributed by atoms with Gasteiger partial charge in [0.2, 0.25) is 0 Å². The van der Waals surface area contributed by atoms with Crippen LogP contribution in [0.3, 0.4) is 0 Å². The molecule has 0 amide bonds. The van der Waals surface area contributed by atoms with E-state index in [1.54, 1.807) is 0 Å². The molecule has 4 heteroatoms. The van der Waals surface area contributed by atoms with E-state index in [4.69, 9.17) is 16.4 Å². The number of fused-ring (bicyclic) bond motifs is 2. The molecule has 0 aliphatic carbocycles. The SMILES string of the molecule is O=C1CCN2OC[C@@H]1[C@@H]2c1ccc(Cl)cc1. The van der Waals surface area contributed by atoms with E-state index >= 15 is 0 Å². The van der Waals surface area contributed by atoms with E-state index < -0.39 is 0 Å². The molecule has 0 saturated carbocycles. The quantitative estimate of drug-likeness (QED) is 0.750. The third kappa shape index (κ3) is 1.56. The van der Waals surface area contributed by atoms with Crippen molar-refractivity contribution in [1.82, 2.24) is 5.06 Å². The van der Waals surface area contributed by atoms with Gasteiger partial charge in [0.15, 0.2) is 0 Å². The van der Waals surface area contributed by atoms with Gasteiger partial charge in [0.05, 0.1) is 18.6 Å². The summed E-state index contributed by atoms with van der Waals surface area (Å²) in [6, 6.07) is 7.74. The van der Waals surface area contributed by atoms with Crippen molar-refractivity contribution < 1.29 is 9.63 Å². The summed E-state index contributed by atoms with van der Waals surface area (Å²) in [6.07, 6.45) is 0.606. The lowest BCUT2D eigenvalue weighted by Crippen LogP contribution is -2.35. The lowest BCUT2D eigenvalue weighted by atomic mass is 9.87. The van der Waals surface area contributed by atoms with Gasteiger partial charge in [0, 0.05) is 18.0 Å². The van der Waals surface area contributed by atoms with E-state index in [0.717, 1.165) is 5.56 Å². The van der Waals surface area contributed by atoms with E-state index in [0.29, 0.717) is 30.4 Å². The first-order valence-corrected chi connectivity index (χ1v) is 5.81. The van der Waals surface area contributed by atoms with Crippen LogP contribution in [0.15, 0.2) is 24.3 Å². The molecular weight excluding hydrogens is 226 g/mol. The minimum Gasteiger partial charge on any atom is -0.299 e. The summed E-state index contributed by atoms with van der Waals surface area (Å²) in [5.74, 6) is 0.309. The summed E-state index contributed by atoms with van der Waals surface area (Å²) in [5, 5.41) is 2.64. The van der Waals surface area contributed by atoms with Crippen LogP contribution >= 0.6 is 11.6 Å². The Labute approximate surface area is 98.9 Å². The molecule has 1 aromatic rings. The first-order chi connectivity index (χ1) is 7.75. The number of carbonyl (C=O) groups is 1. The summed E-state index contributed by atoms with van der Waals surface area (Å²) in [6.45, 7) is 1.22.